The molecule has 0 aliphatic heterocycles. The average Bonchev–Trinajstić information content (AvgIpc) is 3.18. The zero-order chi connectivity index (χ0) is 20.6. The highest BCUT2D eigenvalue weighted by Crippen LogP contribution is 2.25. The molecule has 0 spiro atoms. The number of nitrogens with one attached hydrogen (secondary N) is 2. The van der Waals surface area contributed by atoms with Gasteiger partial charge in [0.15, 0.2) is 4.34 Å². The van der Waals surface area contributed by atoms with Crippen LogP contribution in [-0.4, -0.2) is 34.9 Å². The molecule has 1 aromatic heterocycles. The lowest BCUT2D eigenvalue weighted by atomic mass is 10.1. The van der Waals surface area contributed by atoms with Crippen molar-refractivity contribution in [3.05, 3.63) is 65.2 Å². The Morgan fingerprint density at radius 3 is 2.59 bits per heavy atom. The van der Waals surface area contributed by atoms with Crippen molar-refractivity contribution in [2.75, 3.05) is 18.2 Å². The topological polar surface area (TPSA) is 93.2 Å². The summed E-state index contributed by atoms with van der Waals surface area (Å²) in [6, 6.07) is 14.8. The van der Waals surface area contributed by atoms with Crippen LogP contribution in [-0.2, 0) is 11.3 Å². The highest BCUT2D eigenvalue weighted by atomic mass is 32.2. The monoisotopic (exact) mass is 428 g/mol. The molecular weight excluding hydrogens is 408 g/mol. The van der Waals surface area contributed by atoms with E-state index >= 15 is 0 Å². The Morgan fingerprint density at radius 2 is 1.86 bits per heavy atom. The molecule has 0 saturated carbocycles. The highest BCUT2D eigenvalue weighted by Gasteiger charge is 2.13. The summed E-state index contributed by atoms with van der Waals surface area (Å²) >= 11 is 2.52. The van der Waals surface area contributed by atoms with Gasteiger partial charge in [0.2, 0.25) is 11.0 Å². The molecule has 9 heteroatoms. The molecule has 0 saturated heterocycles. The quantitative estimate of drug-likeness (QED) is 0.421. The molecule has 0 fully saturated rings. The number of nitrogens with zero attached hydrogens (tertiary/aromatic N) is 2. The lowest BCUT2D eigenvalue weighted by molar-refractivity contribution is -0.118. The first-order chi connectivity index (χ1) is 14.0. The van der Waals surface area contributed by atoms with Crippen LogP contribution >= 0.6 is 23.1 Å². The van der Waals surface area contributed by atoms with Gasteiger partial charge >= 0.3 is 0 Å². The minimum Gasteiger partial charge on any atom is -0.497 e. The van der Waals surface area contributed by atoms with E-state index in [4.69, 9.17) is 4.74 Å². The number of aryl methyl sites for hydroxylation is 1. The Labute approximate surface area is 176 Å². The lowest BCUT2D eigenvalue weighted by Crippen LogP contribution is -2.24. The summed E-state index contributed by atoms with van der Waals surface area (Å²) in [5.74, 6) is 0.660. The van der Waals surface area contributed by atoms with Crippen LogP contribution in [0.4, 0.5) is 5.13 Å². The number of carbonyl (C=O) groups is 2. The summed E-state index contributed by atoms with van der Waals surface area (Å²) in [6.07, 6.45) is 0. The molecule has 150 valence electrons. The summed E-state index contributed by atoms with van der Waals surface area (Å²) in [6.45, 7) is 2.32. The Balaban J connectivity index is 1.45. The minimum absolute atomic E-state index is 0.105. The van der Waals surface area contributed by atoms with Gasteiger partial charge < -0.3 is 10.1 Å². The molecule has 1 heterocycles. The van der Waals surface area contributed by atoms with E-state index in [1.54, 1.807) is 13.2 Å². The lowest BCUT2D eigenvalue weighted by Gasteiger charge is -2.05. The van der Waals surface area contributed by atoms with Crippen molar-refractivity contribution in [1.29, 1.82) is 0 Å². The number of ether oxygens (including phenoxy) is 1. The van der Waals surface area contributed by atoms with Crippen molar-refractivity contribution in [2.24, 2.45) is 0 Å². The van der Waals surface area contributed by atoms with E-state index < -0.39 is 0 Å². The van der Waals surface area contributed by atoms with E-state index in [-0.39, 0.29) is 17.6 Å². The van der Waals surface area contributed by atoms with Crippen molar-refractivity contribution in [3.63, 3.8) is 0 Å². The number of anilines is 1. The van der Waals surface area contributed by atoms with Crippen molar-refractivity contribution in [1.82, 2.24) is 15.5 Å². The highest BCUT2D eigenvalue weighted by molar-refractivity contribution is 8.01. The second kappa shape index (κ2) is 10.0. The molecule has 0 aliphatic rings. The molecule has 3 rings (SSSR count). The molecule has 2 aromatic carbocycles. The number of benzene rings is 2. The van der Waals surface area contributed by atoms with Gasteiger partial charge in [0.05, 0.1) is 12.9 Å². The number of hydrogen-bond acceptors (Lipinski definition) is 7. The predicted octanol–water partition coefficient (Wildman–Crippen LogP) is 3.52. The number of hydrogen-bond donors (Lipinski definition) is 2. The average molecular weight is 429 g/mol. The second-order valence-electron chi connectivity index (χ2n) is 6.06. The molecule has 0 aliphatic carbocycles. The number of methoxy groups -OCH3 is 1. The molecule has 7 nitrogen and oxygen atoms in total. The fourth-order valence-corrected chi connectivity index (χ4v) is 4.01. The normalized spacial score (nSPS) is 10.4. The van der Waals surface area contributed by atoms with Gasteiger partial charge in [0, 0.05) is 12.1 Å². The molecule has 2 amide bonds. The third-order valence-electron chi connectivity index (χ3n) is 3.99. The Kier molecular flexibility index (Phi) is 7.20. The predicted molar refractivity (Wildman–Crippen MR) is 115 cm³/mol. The van der Waals surface area contributed by atoms with Crippen molar-refractivity contribution < 1.29 is 14.3 Å². The van der Waals surface area contributed by atoms with E-state index in [1.807, 2.05) is 49.4 Å². The number of carbonyl (C=O) groups excluding carboxylic acids is 2. The zero-order valence-electron chi connectivity index (χ0n) is 16.0. The Morgan fingerprint density at radius 1 is 1.10 bits per heavy atom. The first kappa shape index (κ1) is 20.8. The van der Waals surface area contributed by atoms with Crippen molar-refractivity contribution in [2.45, 2.75) is 17.8 Å². The third-order valence-corrected chi connectivity index (χ3v) is 5.96. The maximum atomic E-state index is 12.3. The van der Waals surface area contributed by atoms with Gasteiger partial charge in [-0.1, -0.05) is 53.4 Å². The minimum atomic E-state index is -0.229. The first-order valence-corrected chi connectivity index (χ1v) is 10.6. The molecule has 0 unspecified atom stereocenters. The van der Waals surface area contributed by atoms with Crippen molar-refractivity contribution in [3.8, 4) is 5.75 Å². The van der Waals surface area contributed by atoms with Gasteiger partial charge in [-0.2, -0.15) is 0 Å². The summed E-state index contributed by atoms with van der Waals surface area (Å²) in [4.78, 5) is 24.4. The number of thioether (sulfide) groups is 1. The SMILES string of the molecule is COc1ccc(CNC(=O)CSc2nnc(NC(=O)c3ccccc3C)s2)cc1. The van der Waals surface area contributed by atoms with Crippen LogP contribution in [0.5, 0.6) is 5.75 Å². The van der Waals surface area contributed by atoms with Crippen LogP contribution in [0.2, 0.25) is 0 Å². The number of aromatic nitrogens is 2. The number of amides is 2. The third kappa shape index (κ3) is 6.03. The van der Waals surface area contributed by atoms with Crippen LogP contribution in [0.3, 0.4) is 0 Å². The molecular formula is C20H20N4O3S2. The summed E-state index contributed by atoms with van der Waals surface area (Å²) in [5.41, 5.74) is 2.47. The fourth-order valence-electron chi connectivity index (χ4n) is 2.43. The largest absolute Gasteiger partial charge is 0.497 e. The van der Waals surface area contributed by atoms with E-state index in [1.165, 1.54) is 23.1 Å². The van der Waals surface area contributed by atoms with Crippen LogP contribution in [0.25, 0.3) is 0 Å². The van der Waals surface area contributed by atoms with E-state index in [0.29, 0.717) is 21.6 Å². The van der Waals surface area contributed by atoms with E-state index in [2.05, 4.69) is 20.8 Å². The molecule has 2 N–H and O–H groups in total. The van der Waals surface area contributed by atoms with Gasteiger partial charge in [-0.25, -0.2) is 0 Å². The summed E-state index contributed by atoms with van der Waals surface area (Å²) in [5, 5.41) is 14.0. The van der Waals surface area contributed by atoms with Crippen molar-refractivity contribution >= 4 is 40.0 Å². The molecule has 0 bridgehead atoms. The van der Waals surface area contributed by atoms with Gasteiger partial charge in [0.25, 0.3) is 5.91 Å². The molecule has 0 atom stereocenters. The van der Waals surface area contributed by atoms with E-state index in [0.717, 1.165) is 16.9 Å². The maximum absolute atomic E-state index is 12.3. The number of rotatable bonds is 8. The van der Waals surface area contributed by atoms with Crippen LogP contribution in [0.1, 0.15) is 21.5 Å². The summed E-state index contributed by atoms with van der Waals surface area (Å²) in [7, 11) is 1.61. The molecule has 3 aromatic rings. The standard InChI is InChI=1S/C20H20N4O3S2/c1-13-5-3-4-6-16(13)18(26)22-19-23-24-20(29-19)28-12-17(25)21-11-14-7-9-15(27-2)10-8-14/h3-10H,11-12H2,1-2H3,(H,21,25)(H,22,23,26). The van der Waals surface area contributed by atoms with Gasteiger partial charge in [-0.15, -0.1) is 10.2 Å². The van der Waals surface area contributed by atoms with E-state index in [9.17, 15) is 9.59 Å². The first-order valence-electron chi connectivity index (χ1n) is 8.78. The smallest absolute Gasteiger partial charge is 0.257 e. The van der Waals surface area contributed by atoms with Crippen LogP contribution in [0, 0.1) is 6.92 Å². The van der Waals surface area contributed by atoms with Crippen LogP contribution in [0.15, 0.2) is 52.9 Å². The zero-order valence-corrected chi connectivity index (χ0v) is 17.6. The van der Waals surface area contributed by atoms with Gasteiger partial charge in [0.1, 0.15) is 5.75 Å². The molecule has 0 radical (unpaired) electrons. The van der Waals surface area contributed by atoms with Gasteiger partial charge in [-0.3, -0.25) is 14.9 Å². The fraction of sp³-hybridized carbons (Fsp3) is 0.200. The Hall–Kier alpha value is -2.91. The van der Waals surface area contributed by atoms with Crippen LogP contribution < -0.4 is 15.4 Å². The summed E-state index contributed by atoms with van der Waals surface area (Å²) < 4.78 is 5.73. The van der Waals surface area contributed by atoms with Gasteiger partial charge in [-0.05, 0) is 36.2 Å². The maximum Gasteiger partial charge on any atom is 0.257 e. The second-order valence-corrected chi connectivity index (χ2v) is 8.26. The molecule has 29 heavy (non-hydrogen) atoms. The Bertz CT molecular complexity index is 989.